The number of Topliss-reactive ketones (excluding diaryl/α,β-unsaturated/α-hetero) is 1. The van der Waals surface area contributed by atoms with Gasteiger partial charge in [0, 0.05) is 19.7 Å². The third-order valence-electron chi connectivity index (χ3n) is 1.60. The van der Waals surface area contributed by atoms with Crippen LogP contribution in [0.25, 0.3) is 0 Å². The summed E-state index contributed by atoms with van der Waals surface area (Å²) in [5, 5.41) is 0. The molecule has 0 amide bonds. The zero-order valence-electron chi connectivity index (χ0n) is 7.85. The summed E-state index contributed by atoms with van der Waals surface area (Å²) >= 11 is 0. The molecule has 0 aliphatic carbocycles. The fraction of sp³-hybridized carbons (Fsp3) is 0.778. The third kappa shape index (κ3) is 5.77. The largest absolute Gasteiger partial charge is 0.300 e. The lowest BCUT2D eigenvalue weighted by molar-refractivity contribution is -0.117. The van der Waals surface area contributed by atoms with Crippen LogP contribution in [0, 0.1) is 5.41 Å². The second-order valence-electron chi connectivity index (χ2n) is 3.58. The topological polar surface area (TPSA) is 29.4 Å². The van der Waals surface area contributed by atoms with E-state index in [-0.39, 0.29) is 11.2 Å². The molecule has 0 saturated carbocycles. The van der Waals surface area contributed by atoms with Gasteiger partial charge in [0.25, 0.3) is 0 Å². The van der Waals surface area contributed by atoms with Gasteiger partial charge in [-0.1, -0.05) is 13.8 Å². The van der Waals surface area contributed by atoms with Gasteiger partial charge in [-0.2, -0.15) is 0 Å². The molecule has 0 unspecified atom stereocenters. The van der Waals surface area contributed by atoms with Gasteiger partial charge in [-0.3, -0.25) is 0 Å². The number of carbonyl (C=O) groups excluding carboxylic acids is 1. The van der Waals surface area contributed by atoms with E-state index in [1.165, 1.54) is 0 Å². The van der Waals surface area contributed by atoms with Gasteiger partial charge in [-0.25, -0.2) is 0 Å². The molecular formula is C9H17NO. The van der Waals surface area contributed by atoms with Crippen molar-refractivity contribution < 1.29 is 4.79 Å². The summed E-state index contributed by atoms with van der Waals surface area (Å²) < 4.78 is 0. The van der Waals surface area contributed by atoms with Gasteiger partial charge in [0.05, 0.1) is 0 Å². The van der Waals surface area contributed by atoms with E-state index in [1.54, 1.807) is 14.0 Å². The van der Waals surface area contributed by atoms with Gasteiger partial charge >= 0.3 is 0 Å². The van der Waals surface area contributed by atoms with Crippen molar-refractivity contribution in [3.63, 3.8) is 0 Å². The van der Waals surface area contributed by atoms with E-state index in [0.717, 1.165) is 6.42 Å². The fourth-order valence-corrected chi connectivity index (χ4v) is 0.912. The zero-order valence-corrected chi connectivity index (χ0v) is 7.85. The van der Waals surface area contributed by atoms with Crippen molar-refractivity contribution >= 4 is 12.0 Å². The van der Waals surface area contributed by atoms with Crippen LogP contribution in [0.2, 0.25) is 0 Å². The Morgan fingerprint density at radius 1 is 1.55 bits per heavy atom. The van der Waals surface area contributed by atoms with E-state index >= 15 is 0 Å². The van der Waals surface area contributed by atoms with Gasteiger partial charge in [0.1, 0.15) is 5.78 Å². The number of rotatable bonds is 4. The van der Waals surface area contributed by atoms with Crippen LogP contribution < -0.4 is 0 Å². The molecule has 64 valence electrons. The minimum atomic E-state index is 0.0699. The summed E-state index contributed by atoms with van der Waals surface area (Å²) in [4.78, 5) is 14.6. The number of ketones is 1. The zero-order chi connectivity index (χ0) is 8.91. The van der Waals surface area contributed by atoms with Crippen LogP contribution in [0.3, 0.4) is 0 Å². The van der Waals surface area contributed by atoms with Crippen molar-refractivity contribution in [3.05, 3.63) is 0 Å². The molecule has 2 nitrogen and oxygen atoms in total. The first-order chi connectivity index (χ1) is 4.98. The van der Waals surface area contributed by atoms with Gasteiger partial charge in [-0.15, -0.1) is 0 Å². The molecule has 0 atom stereocenters. The minimum Gasteiger partial charge on any atom is -0.300 e. The molecule has 0 bridgehead atoms. The van der Waals surface area contributed by atoms with Crippen LogP contribution in [-0.4, -0.2) is 19.0 Å². The van der Waals surface area contributed by atoms with E-state index in [0.29, 0.717) is 6.42 Å². The van der Waals surface area contributed by atoms with E-state index in [1.807, 2.05) is 6.21 Å². The number of hydrogen-bond acceptors (Lipinski definition) is 2. The van der Waals surface area contributed by atoms with E-state index in [9.17, 15) is 4.79 Å². The Morgan fingerprint density at radius 3 is 2.45 bits per heavy atom. The summed E-state index contributed by atoms with van der Waals surface area (Å²) in [6.07, 6.45) is 3.44. The van der Waals surface area contributed by atoms with Crippen LogP contribution in [-0.2, 0) is 4.79 Å². The van der Waals surface area contributed by atoms with Crippen LogP contribution in [0.15, 0.2) is 4.99 Å². The van der Waals surface area contributed by atoms with Crippen molar-refractivity contribution in [3.8, 4) is 0 Å². The van der Waals surface area contributed by atoms with Gasteiger partial charge in [0.15, 0.2) is 0 Å². The Labute approximate surface area is 68.7 Å². The Bertz CT molecular complexity index is 159. The highest BCUT2D eigenvalue weighted by Crippen LogP contribution is 2.19. The SMILES string of the molecule is CN=CC(C)(C)CCC(C)=O. The molecule has 0 radical (unpaired) electrons. The van der Waals surface area contributed by atoms with Crippen LogP contribution in [0.5, 0.6) is 0 Å². The second-order valence-corrected chi connectivity index (χ2v) is 3.58. The van der Waals surface area contributed by atoms with E-state index in [2.05, 4.69) is 18.8 Å². The maximum absolute atomic E-state index is 10.7. The third-order valence-corrected chi connectivity index (χ3v) is 1.60. The summed E-state index contributed by atoms with van der Waals surface area (Å²) in [6.45, 7) is 5.80. The van der Waals surface area contributed by atoms with E-state index in [4.69, 9.17) is 0 Å². The normalized spacial score (nSPS) is 12.4. The smallest absolute Gasteiger partial charge is 0.129 e. The van der Waals surface area contributed by atoms with Crippen LogP contribution in [0.1, 0.15) is 33.6 Å². The monoisotopic (exact) mass is 155 g/mol. The second kappa shape index (κ2) is 4.27. The lowest BCUT2D eigenvalue weighted by atomic mass is 9.88. The number of hydrogen-bond donors (Lipinski definition) is 0. The standard InChI is InChI=1S/C9H17NO/c1-8(11)5-6-9(2,3)7-10-4/h7H,5-6H2,1-4H3. The Morgan fingerprint density at radius 2 is 2.09 bits per heavy atom. The minimum absolute atomic E-state index is 0.0699. The first-order valence-corrected chi connectivity index (χ1v) is 3.91. The fourth-order valence-electron chi connectivity index (χ4n) is 0.912. The average molecular weight is 155 g/mol. The maximum atomic E-state index is 10.7. The highest BCUT2D eigenvalue weighted by atomic mass is 16.1. The number of aliphatic imine (C=N–C) groups is 1. The number of carbonyl (C=O) groups is 1. The van der Waals surface area contributed by atoms with Crippen molar-refractivity contribution in [2.45, 2.75) is 33.6 Å². The summed E-state index contributed by atoms with van der Waals surface area (Å²) in [7, 11) is 1.76. The quantitative estimate of drug-likeness (QED) is 0.571. The molecule has 11 heavy (non-hydrogen) atoms. The molecule has 0 aliphatic heterocycles. The Hall–Kier alpha value is -0.660. The molecule has 0 rings (SSSR count). The predicted molar refractivity (Wildman–Crippen MR) is 48.1 cm³/mol. The summed E-state index contributed by atoms with van der Waals surface area (Å²) in [5.74, 6) is 0.252. The molecule has 0 aromatic rings. The molecule has 0 spiro atoms. The molecule has 0 N–H and O–H groups in total. The lowest BCUT2D eigenvalue weighted by Crippen LogP contribution is -2.14. The first-order valence-electron chi connectivity index (χ1n) is 3.91. The maximum Gasteiger partial charge on any atom is 0.129 e. The van der Waals surface area contributed by atoms with Gasteiger partial charge in [-0.05, 0) is 18.8 Å². The molecule has 2 heteroatoms. The van der Waals surface area contributed by atoms with Crippen molar-refractivity contribution in [1.29, 1.82) is 0 Å². The molecule has 0 saturated heterocycles. The summed E-state index contributed by atoms with van der Waals surface area (Å²) in [6, 6.07) is 0. The van der Waals surface area contributed by atoms with Crippen LogP contribution >= 0.6 is 0 Å². The van der Waals surface area contributed by atoms with E-state index < -0.39 is 0 Å². The molecule has 0 fully saturated rings. The molecule has 0 aromatic heterocycles. The van der Waals surface area contributed by atoms with Crippen molar-refractivity contribution in [2.75, 3.05) is 7.05 Å². The predicted octanol–water partition coefficient (Wildman–Crippen LogP) is 2.08. The summed E-state index contributed by atoms with van der Waals surface area (Å²) in [5.41, 5.74) is 0.0699. The van der Waals surface area contributed by atoms with Crippen molar-refractivity contribution in [2.24, 2.45) is 10.4 Å². The van der Waals surface area contributed by atoms with Crippen LogP contribution in [0.4, 0.5) is 0 Å². The molecule has 0 aliphatic rings. The van der Waals surface area contributed by atoms with Gasteiger partial charge < -0.3 is 9.79 Å². The average Bonchev–Trinajstić information content (AvgIpc) is 1.84. The lowest BCUT2D eigenvalue weighted by Gasteiger charge is -2.17. The Kier molecular flexibility index (Phi) is 4.01. The number of nitrogens with zero attached hydrogens (tertiary/aromatic N) is 1. The molecule has 0 heterocycles. The van der Waals surface area contributed by atoms with Crippen molar-refractivity contribution in [1.82, 2.24) is 0 Å². The molecule has 0 aromatic carbocycles. The molecular weight excluding hydrogens is 138 g/mol. The highest BCUT2D eigenvalue weighted by molar-refractivity contribution is 5.76. The van der Waals surface area contributed by atoms with Gasteiger partial charge in [0.2, 0.25) is 0 Å². The first kappa shape index (κ1) is 10.3. The highest BCUT2D eigenvalue weighted by Gasteiger charge is 2.14. The Balaban J connectivity index is 3.82.